The molecule has 0 aliphatic carbocycles. The van der Waals surface area contributed by atoms with Crippen molar-refractivity contribution in [3.8, 4) is 5.75 Å². The molecule has 1 fully saturated rings. The maximum atomic E-state index is 13.9. The minimum Gasteiger partial charge on any atom is -0.488 e. The zero-order chi connectivity index (χ0) is 34.1. The van der Waals surface area contributed by atoms with Crippen LogP contribution in [0.5, 0.6) is 5.75 Å². The van der Waals surface area contributed by atoms with Crippen LogP contribution < -0.4 is 10.1 Å². The summed E-state index contributed by atoms with van der Waals surface area (Å²) in [6, 6.07) is 26.3. The zero-order valence-electron chi connectivity index (χ0n) is 28.5. The Hall–Kier alpha value is -3.82. The topological polar surface area (TPSA) is 82.0 Å². The quantitative estimate of drug-likeness (QED) is 0.141. The Morgan fingerprint density at radius 2 is 1.77 bits per heavy atom. The van der Waals surface area contributed by atoms with Gasteiger partial charge in [0.05, 0.1) is 5.52 Å². The number of rotatable bonds is 13. The van der Waals surface area contributed by atoms with Crippen LogP contribution in [0.2, 0.25) is 0 Å². The summed E-state index contributed by atoms with van der Waals surface area (Å²) in [6.07, 6.45) is 2.98. The number of hydrogen-bond acceptors (Lipinski definition) is 5. The number of nitrogens with zero attached hydrogens (tertiary/aromatic N) is 2. The normalized spacial score (nSPS) is 15.7. The van der Waals surface area contributed by atoms with Gasteiger partial charge in [-0.05, 0) is 87.9 Å². The van der Waals surface area contributed by atoms with Crippen LogP contribution >= 0.6 is 15.9 Å². The molecule has 0 saturated carbocycles. The number of amides is 2. The molecule has 0 bridgehead atoms. The van der Waals surface area contributed by atoms with E-state index in [2.05, 4.69) is 56.1 Å². The average Bonchev–Trinajstić information content (AvgIpc) is 3.43. The molecule has 1 saturated heterocycles. The minimum atomic E-state index is -0.634. The lowest BCUT2D eigenvalue weighted by atomic mass is 9.93. The van der Waals surface area contributed by atoms with Crippen molar-refractivity contribution in [2.24, 2.45) is 0 Å². The number of benzene rings is 3. The van der Waals surface area contributed by atoms with Crippen LogP contribution in [-0.4, -0.2) is 59.9 Å². The summed E-state index contributed by atoms with van der Waals surface area (Å²) in [7, 11) is 1.73. The van der Waals surface area contributed by atoms with E-state index < -0.39 is 17.7 Å². The van der Waals surface area contributed by atoms with Gasteiger partial charge in [-0.3, -0.25) is 4.79 Å². The van der Waals surface area contributed by atoms with Crippen molar-refractivity contribution in [3.05, 3.63) is 100 Å². The average molecular weight is 719 g/mol. The van der Waals surface area contributed by atoms with E-state index in [1.807, 2.05) is 74.2 Å². The molecule has 0 radical (unpaired) electrons. The van der Waals surface area contributed by atoms with Crippen molar-refractivity contribution in [1.82, 2.24) is 14.8 Å². The first-order valence-electron chi connectivity index (χ1n) is 16.9. The molecule has 0 spiro atoms. The number of aryl methyl sites for hydroxylation is 1. The van der Waals surface area contributed by atoms with Crippen molar-refractivity contribution in [1.29, 1.82) is 0 Å². The number of methoxy groups -OCH3 is 1. The van der Waals surface area contributed by atoms with Gasteiger partial charge in [0.25, 0.3) is 0 Å². The lowest BCUT2D eigenvalue weighted by Crippen LogP contribution is -2.46. The van der Waals surface area contributed by atoms with Crippen LogP contribution in [-0.2, 0) is 33.8 Å². The molecule has 5 rings (SSSR count). The second kappa shape index (κ2) is 16.5. The lowest BCUT2D eigenvalue weighted by Gasteiger charge is -2.34. The third-order valence-electron chi connectivity index (χ3n) is 8.63. The van der Waals surface area contributed by atoms with Crippen molar-refractivity contribution in [2.45, 2.75) is 83.6 Å². The highest BCUT2D eigenvalue weighted by atomic mass is 79.9. The molecular weight excluding hydrogens is 670 g/mol. The van der Waals surface area contributed by atoms with E-state index in [0.29, 0.717) is 32.7 Å². The van der Waals surface area contributed by atoms with Crippen LogP contribution in [0.15, 0.2) is 83.3 Å². The van der Waals surface area contributed by atoms with Crippen molar-refractivity contribution >= 4 is 38.8 Å². The first-order valence-corrected chi connectivity index (χ1v) is 17.7. The molecule has 4 aromatic rings. The monoisotopic (exact) mass is 717 g/mol. The van der Waals surface area contributed by atoms with E-state index in [9.17, 15) is 9.59 Å². The number of alkyl carbamates (subject to hydrolysis) is 1. The third kappa shape index (κ3) is 9.86. The number of ether oxygens (including phenoxy) is 3. The van der Waals surface area contributed by atoms with Crippen molar-refractivity contribution < 1.29 is 23.8 Å². The van der Waals surface area contributed by atoms with E-state index in [4.69, 9.17) is 14.2 Å². The van der Waals surface area contributed by atoms with E-state index in [1.165, 1.54) is 5.69 Å². The summed E-state index contributed by atoms with van der Waals surface area (Å²) in [5.41, 5.74) is 3.87. The van der Waals surface area contributed by atoms with E-state index >= 15 is 0 Å². The van der Waals surface area contributed by atoms with Crippen LogP contribution in [0, 0.1) is 0 Å². The van der Waals surface area contributed by atoms with Gasteiger partial charge in [-0.15, -0.1) is 0 Å². The minimum absolute atomic E-state index is 0.0341. The summed E-state index contributed by atoms with van der Waals surface area (Å²) < 4.78 is 20.7. The molecule has 1 aromatic heterocycles. The summed E-state index contributed by atoms with van der Waals surface area (Å²) in [6.45, 7) is 8.80. The molecule has 2 heterocycles. The number of carbonyl (C=O) groups excluding carboxylic acids is 2. The number of piperidine rings is 1. The van der Waals surface area contributed by atoms with Gasteiger partial charge in [-0.25, -0.2) is 4.79 Å². The van der Waals surface area contributed by atoms with Gasteiger partial charge in [0, 0.05) is 67.3 Å². The standard InChI is InChI=1S/C39H48BrN3O5/c1-39(2,3)48-38(45)41-32(23-28-16-18-31(40)19-17-28)24-37(44)42-20-9-13-30(26-42)35-25-33-34(43(35)21-10-22-46-4)14-8-15-36(33)47-27-29-11-6-5-7-12-29/h5-8,11-12,14-19,25,30,32H,9-10,13,20-24,26-27H2,1-4H3,(H,41,45)/t30?,32-/m1/s1. The zero-order valence-corrected chi connectivity index (χ0v) is 30.1. The highest BCUT2D eigenvalue weighted by Gasteiger charge is 2.30. The molecule has 256 valence electrons. The highest BCUT2D eigenvalue weighted by molar-refractivity contribution is 9.10. The molecule has 1 aliphatic rings. The Morgan fingerprint density at radius 1 is 1.00 bits per heavy atom. The molecule has 48 heavy (non-hydrogen) atoms. The third-order valence-corrected chi connectivity index (χ3v) is 9.16. The van der Waals surface area contributed by atoms with E-state index in [0.717, 1.165) is 58.1 Å². The second-order valence-corrected chi connectivity index (χ2v) is 14.5. The molecule has 3 aromatic carbocycles. The molecule has 1 N–H and O–H groups in total. The number of fused-ring (bicyclic) bond motifs is 1. The predicted octanol–water partition coefficient (Wildman–Crippen LogP) is 8.25. The SMILES string of the molecule is COCCCn1c(C2CCCN(C(=O)C[C@@H](Cc3ccc(Br)cc3)NC(=O)OC(C)(C)C)C2)cc2c(OCc3ccccc3)cccc21. The van der Waals surface area contributed by atoms with Crippen molar-refractivity contribution in [2.75, 3.05) is 26.8 Å². The van der Waals surface area contributed by atoms with Gasteiger partial charge in [0.1, 0.15) is 18.0 Å². The maximum absolute atomic E-state index is 13.9. The van der Waals surface area contributed by atoms with Crippen LogP contribution in [0.25, 0.3) is 10.9 Å². The van der Waals surface area contributed by atoms with Gasteiger partial charge in [0.2, 0.25) is 5.91 Å². The first-order chi connectivity index (χ1) is 23.1. The van der Waals surface area contributed by atoms with Gasteiger partial charge in [-0.2, -0.15) is 0 Å². The van der Waals surface area contributed by atoms with Crippen LogP contribution in [0.1, 0.15) is 69.2 Å². The van der Waals surface area contributed by atoms with Gasteiger partial charge in [0.15, 0.2) is 0 Å². The fourth-order valence-electron chi connectivity index (χ4n) is 6.43. The molecule has 8 nitrogen and oxygen atoms in total. The molecule has 2 atom stereocenters. The second-order valence-electron chi connectivity index (χ2n) is 13.6. The number of nitrogens with one attached hydrogen (secondary N) is 1. The lowest BCUT2D eigenvalue weighted by molar-refractivity contribution is -0.132. The fraction of sp³-hybridized carbons (Fsp3) is 0.436. The fourth-order valence-corrected chi connectivity index (χ4v) is 6.70. The van der Waals surface area contributed by atoms with Crippen molar-refractivity contribution in [3.63, 3.8) is 0 Å². The number of likely N-dealkylation sites (tertiary alicyclic amines) is 1. The number of carbonyl (C=O) groups is 2. The number of hydrogen-bond donors (Lipinski definition) is 1. The van der Waals surface area contributed by atoms with Crippen LogP contribution in [0.4, 0.5) is 4.79 Å². The van der Waals surface area contributed by atoms with E-state index in [1.54, 1.807) is 7.11 Å². The Balaban J connectivity index is 1.35. The molecule has 1 unspecified atom stereocenters. The summed E-state index contributed by atoms with van der Waals surface area (Å²) in [5, 5.41) is 4.07. The predicted molar refractivity (Wildman–Crippen MR) is 193 cm³/mol. The van der Waals surface area contributed by atoms with Gasteiger partial charge in [-0.1, -0.05) is 64.5 Å². The maximum Gasteiger partial charge on any atom is 0.407 e. The Kier molecular flexibility index (Phi) is 12.2. The number of aromatic nitrogens is 1. The number of halogens is 1. The molecule has 2 amide bonds. The van der Waals surface area contributed by atoms with E-state index in [-0.39, 0.29) is 18.2 Å². The Morgan fingerprint density at radius 3 is 2.50 bits per heavy atom. The molecule has 1 aliphatic heterocycles. The smallest absolute Gasteiger partial charge is 0.407 e. The van der Waals surface area contributed by atoms with Gasteiger partial charge < -0.3 is 29.0 Å². The first kappa shape index (κ1) is 35.5. The molecule has 9 heteroatoms. The largest absolute Gasteiger partial charge is 0.488 e. The Bertz CT molecular complexity index is 1650. The van der Waals surface area contributed by atoms with Crippen LogP contribution in [0.3, 0.4) is 0 Å². The highest BCUT2D eigenvalue weighted by Crippen LogP contribution is 2.36. The summed E-state index contributed by atoms with van der Waals surface area (Å²) in [4.78, 5) is 28.7. The summed E-state index contributed by atoms with van der Waals surface area (Å²) >= 11 is 3.49. The van der Waals surface area contributed by atoms with Gasteiger partial charge >= 0.3 is 6.09 Å². The Labute approximate surface area is 292 Å². The molecular formula is C39H48BrN3O5. The summed E-state index contributed by atoms with van der Waals surface area (Å²) in [5.74, 6) is 1.06.